The van der Waals surface area contributed by atoms with Crippen molar-refractivity contribution in [3.05, 3.63) is 101 Å². The molecule has 3 aromatic heterocycles. The molecule has 5 aromatic rings. The number of benzene rings is 2. The van der Waals surface area contributed by atoms with Crippen molar-refractivity contribution in [2.75, 3.05) is 39.9 Å². The van der Waals surface area contributed by atoms with E-state index in [-0.39, 0.29) is 30.3 Å². The summed E-state index contributed by atoms with van der Waals surface area (Å²) in [4.78, 5) is 57.1. The maximum absolute atomic E-state index is 13.6. The van der Waals surface area contributed by atoms with Crippen LogP contribution in [-0.4, -0.2) is 85.6 Å². The van der Waals surface area contributed by atoms with Crippen molar-refractivity contribution in [2.45, 2.75) is 38.8 Å². The Bertz CT molecular complexity index is 1940. The van der Waals surface area contributed by atoms with Crippen LogP contribution in [0.3, 0.4) is 0 Å². The molecule has 0 unspecified atom stereocenters. The average molecular weight is 650 g/mol. The third kappa shape index (κ3) is 7.71. The molecule has 248 valence electrons. The summed E-state index contributed by atoms with van der Waals surface area (Å²) in [6.45, 7) is 3.16. The van der Waals surface area contributed by atoms with Crippen LogP contribution in [0.5, 0.6) is 11.6 Å². The molecule has 0 spiro atoms. The molecule has 0 saturated carbocycles. The molecule has 0 N–H and O–H groups in total. The fourth-order valence-corrected chi connectivity index (χ4v) is 5.94. The Balaban J connectivity index is 1.20. The van der Waals surface area contributed by atoms with E-state index >= 15 is 0 Å². The quantitative estimate of drug-likeness (QED) is 0.276. The molecule has 0 radical (unpaired) electrons. The zero-order valence-electron chi connectivity index (χ0n) is 27.0. The SMILES string of the molecule is COc1cc(C(=O)N2CCCCN(C(=O)CCn3cnc4ccccc4c3=O)CCCn3ccnc3-c3cccc(c3)OCC2)ccn1. The number of fused-ring (bicyclic) bond motifs is 5. The number of methoxy groups -OCH3 is 1. The van der Waals surface area contributed by atoms with Crippen LogP contribution in [0.1, 0.15) is 36.0 Å². The van der Waals surface area contributed by atoms with E-state index in [0.29, 0.717) is 80.3 Å². The summed E-state index contributed by atoms with van der Waals surface area (Å²) in [6.07, 6.45) is 9.07. The number of nitrogens with zero attached hydrogens (tertiary/aromatic N) is 7. The van der Waals surface area contributed by atoms with Gasteiger partial charge in [-0.05, 0) is 49.6 Å². The van der Waals surface area contributed by atoms with Crippen molar-refractivity contribution >= 4 is 22.7 Å². The molecule has 12 nitrogen and oxygen atoms in total. The highest BCUT2D eigenvalue weighted by Crippen LogP contribution is 2.23. The second-order valence-electron chi connectivity index (χ2n) is 11.7. The maximum atomic E-state index is 13.6. The number of para-hydroxylation sites is 1. The van der Waals surface area contributed by atoms with Crippen molar-refractivity contribution < 1.29 is 19.1 Å². The van der Waals surface area contributed by atoms with Crippen LogP contribution in [0.2, 0.25) is 0 Å². The summed E-state index contributed by atoms with van der Waals surface area (Å²) >= 11 is 0. The topological polar surface area (TPSA) is 125 Å². The molecule has 2 amide bonds. The van der Waals surface area contributed by atoms with E-state index in [9.17, 15) is 14.4 Å². The lowest BCUT2D eigenvalue weighted by Gasteiger charge is -2.25. The van der Waals surface area contributed by atoms with Crippen LogP contribution in [0, 0.1) is 0 Å². The lowest BCUT2D eigenvalue weighted by atomic mass is 10.2. The van der Waals surface area contributed by atoms with Gasteiger partial charge in [0.2, 0.25) is 11.8 Å². The number of aromatic nitrogens is 5. The molecule has 48 heavy (non-hydrogen) atoms. The van der Waals surface area contributed by atoms with Crippen LogP contribution < -0.4 is 15.0 Å². The third-order valence-corrected chi connectivity index (χ3v) is 8.50. The predicted molar refractivity (Wildman–Crippen MR) is 181 cm³/mol. The summed E-state index contributed by atoms with van der Waals surface area (Å²) in [5.41, 5.74) is 1.88. The van der Waals surface area contributed by atoms with Gasteiger partial charge in [-0.15, -0.1) is 0 Å². The van der Waals surface area contributed by atoms with Gasteiger partial charge in [0, 0.05) is 74.9 Å². The third-order valence-electron chi connectivity index (χ3n) is 8.50. The number of hydrogen-bond acceptors (Lipinski definition) is 8. The number of hydrogen-bond donors (Lipinski definition) is 0. The number of imidazole rings is 1. The first kappa shape index (κ1) is 32.4. The van der Waals surface area contributed by atoms with Gasteiger partial charge in [0.1, 0.15) is 18.2 Å². The van der Waals surface area contributed by atoms with Gasteiger partial charge in [0.15, 0.2) is 0 Å². The number of amides is 2. The fourth-order valence-electron chi connectivity index (χ4n) is 5.94. The molecule has 2 bridgehead atoms. The number of carbonyl (C=O) groups excluding carboxylic acids is 2. The summed E-state index contributed by atoms with van der Waals surface area (Å²) in [6, 6.07) is 18.3. The first-order valence-electron chi connectivity index (χ1n) is 16.3. The molecule has 0 saturated heterocycles. The lowest BCUT2D eigenvalue weighted by Crippen LogP contribution is -2.37. The highest BCUT2D eigenvalue weighted by atomic mass is 16.5. The van der Waals surface area contributed by atoms with Crippen molar-refractivity contribution in [3.8, 4) is 23.0 Å². The van der Waals surface area contributed by atoms with Crippen molar-refractivity contribution in [3.63, 3.8) is 0 Å². The van der Waals surface area contributed by atoms with Crippen LogP contribution in [-0.2, 0) is 17.9 Å². The molecule has 0 fully saturated rings. The Morgan fingerprint density at radius 3 is 2.56 bits per heavy atom. The van der Waals surface area contributed by atoms with Gasteiger partial charge in [0.25, 0.3) is 11.5 Å². The first-order chi connectivity index (χ1) is 23.5. The largest absolute Gasteiger partial charge is 0.492 e. The van der Waals surface area contributed by atoms with E-state index in [1.165, 1.54) is 18.0 Å². The van der Waals surface area contributed by atoms with Crippen LogP contribution in [0.15, 0.2) is 90.4 Å². The standard InChI is InChI=1S/C36H39N7O5/c1-47-32-25-28(12-14-37-32)35(45)42-17-5-4-16-40(33(44)13-20-43-26-39-31-11-3-2-10-30(31)36(43)46)18-7-19-41-21-15-38-34(41)27-8-6-9-29(24-27)48-23-22-42/h2-3,6,8-12,14-15,21,24-26H,4-5,7,13,16-20,22-23H2,1H3. The van der Waals surface area contributed by atoms with Crippen LogP contribution in [0.4, 0.5) is 0 Å². The Labute approximate surface area is 278 Å². The molecule has 12 heteroatoms. The van der Waals surface area contributed by atoms with Gasteiger partial charge < -0.3 is 23.8 Å². The van der Waals surface area contributed by atoms with Crippen molar-refractivity contribution in [1.29, 1.82) is 0 Å². The monoisotopic (exact) mass is 649 g/mol. The number of ether oxygens (including phenoxy) is 2. The Morgan fingerprint density at radius 1 is 0.854 bits per heavy atom. The number of aryl methyl sites for hydroxylation is 2. The summed E-state index contributed by atoms with van der Waals surface area (Å²) < 4.78 is 15.0. The Hall–Kier alpha value is -5.52. The molecular formula is C36H39N7O5. The van der Waals surface area contributed by atoms with E-state index in [1.807, 2.05) is 47.5 Å². The second-order valence-corrected chi connectivity index (χ2v) is 11.7. The van der Waals surface area contributed by atoms with Gasteiger partial charge in [-0.1, -0.05) is 24.3 Å². The van der Waals surface area contributed by atoms with E-state index in [4.69, 9.17) is 9.47 Å². The summed E-state index contributed by atoms with van der Waals surface area (Å²) in [7, 11) is 1.52. The second kappa shape index (κ2) is 15.4. The van der Waals surface area contributed by atoms with Crippen molar-refractivity contribution in [1.82, 2.24) is 33.9 Å². The maximum Gasteiger partial charge on any atom is 0.261 e. The highest BCUT2D eigenvalue weighted by Gasteiger charge is 2.19. The smallest absolute Gasteiger partial charge is 0.261 e. The number of rotatable bonds is 5. The molecule has 6 rings (SSSR count). The molecular weight excluding hydrogens is 610 g/mol. The predicted octanol–water partition coefficient (Wildman–Crippen LogP) is 4.29. The van der Waals surface area contributed by atoms with Gasteiger partial charge >= 0.3 is 0 Å². The van der Waals surface area contributed by atoms with Crippen LogP contribution in [0.25, 0.3) is 22.3 Å². The number of pyridine rings is 1. The normalized spacial score (nSPS) is 14.5. The zero-order valence-corrected chi connectivity index (χ0v) is 27.0. The molecule has 1 aliphatic rings. The Morgan fingerprint density at radius 2 is 1.69 bits per heavy atom. The minimum atomic E-state index is -0.158. The zero-order chi connectivity index (χ0) is 33.3. The van der Waals surface area contributed by atoms with Crippen LogP contribution >= 0.6 is 0 Å². The van der Waals surface area contributed by atoms with Gasteiger partial charge in [0.05, 0.1) is 30.9 Å². The van der Waals surface area contributed by atoms with E-state index in [2.05, 4.69) is 19.5 Å². The number of carbonyl (C=O) groups is 2. The molecule has 1 aliphatic heterocycles. The van der Waals surface area contributed by atoms with Gasteiger partial charge in [-0.2, -0.15) is 0 Å². The molecule has 4 heterocycles. The molecule has 2 aromatic carbocycles. The van der Waals surface area contributed by atoms with Gasteiger partial charge in [-0.3, -0.25) is 19.0 Å². The minimum Gasteiger partial charge on any atom is -0.492 e. The minimum absolute atomic E-state index is 0.0308. The van der Waals surface area contributed by atoms with E-state index in [0.717, 1.165) is 17.8 Å². The summed E-state index contributed by atoms with van der Waals surface area (Å²) in [5, 5.41) is 0.532. The first-order valence-corrected chi connectivity index (χ1v) is 16.3. The lowest BCUT2D eigenvalue weighted by molar-refractivity contribution is -0.131. The van der Waals surface area contributed by atoms with Crippen molar-refractivity contribution in [2.24, 2.45) is 0 Å². The average Bonchev–Trinajstić information content (AvgIpc) is 3.59. The highest BCUT2D eigenvalue weighted by molar-refractivity contribution is 5.94. The van der Waals surface area contributed by atoms with Gasteiger partial charge in [-0.25, -0.2) is 15.0 Å². The Kier molecular flexibility index (Phi) is 10.4. The van der Waals surface area contributed by atoms with E-state index < -0.39 is 0 Å². The van der Waals surface area contributed by atoms with E-state index in [1.54, 1.807) is 41.6 Å². The summed E-state index contributed by atoms with van der Waals surface area (Å²) in [5.74, 6) is 1.71. The molecule has 0 atom stereocenters. The molecule has 0 aliphatic carbocycles. The fraction of sp³-hybridized carbons (Fsp3) is 0.333.